The molecule has 0 bridgehead atoms. The van der Waals surface area contributed by atoms with E-state index in [0.717, 1.165) is 48.6 Å². The fourth-order valence-electron chi connectivity index (χ4n) is 2.58. The molecule has 1 aliphatic rings. The minimum atomic E-state index is -0.983. The molecule has 1 aliphatic carbocycles. The van der Waals surface area contributed by atoms with Gasteiger partial charge < -0.3 is 10.4 Å². The Kier molecular flexibility index (Phi) is 4.56. The standard InChI is InChI=1S/C16H19NO3/c1-11-8-12(6-7-15(18)19)10-14(9-11)17-16(20)13-4-2-3-5-13/h6-10,13H,2-5H2,1H3,(H,17,20)(H,18,19)/b7-6+. The van der Waals surface area contributed by atoms with Crippen LogP contribution in [0.3, 0.4) is 0 Å². The Morgan fingerprint density at radius 2 is 1.95 bits per heavy atom. The van der Waals surface area contributed by atoms with E-state index < -0.39 is 5.97 Å². The summed E-state index contributed by atoms with van der Waals surface area (Å²) in [5.74, 6) is -0.794. The molecule has 0 atom stereocenters. The van der Waals surface area contributed by atoms with Gasteiger partial charge in [-0.25, -0.2) is 4.79 Å². The van der Waals surface area contributed by atoms with Crippen LogP contribution in [0.25, 0.3) is 6.08 Å². The van der Waals surface area contributed by atoms with Gasteiger partial charge in [-0.3, -0.25) is 4.79 Å². The van der Waals surface area contributed by atoms with Gasteiger partial charge in [-0.1, -0.05) is 18.9 Å². The van der Waals surface area contributed by atoms with E-state index in [2.05, 4.69) is 5.32 Å². The smallest absolute Gasteiger partial charge is 0.328 e. The monoisotopic (exact) mass is 273 g/mol. The van der Waals surface area contributed by atoms with Crippen molar-refractivity contribution in [3.63, 3.8) is 0 Å². The molecule has 2 N–H and O–H groups in total. The lowest BCUT2D eigenvalue weighted by Gasteiger charge is -2.11. The Labute approximate surface area is 118 Å². The van der Waals surface area contributed by atoms with Crippen LogP contribution in [0.1, 0.15) is 36.8 Å². The van der Waals surface area contributed by atoms with Crippen LogP contribution in [0.4, 0.5) is 5.69 Å². The Hall–Kier alpha value is -2.10. The van der Waals surface area contributed by atoms with Gasteiger partial charge in [0.25, 0.3) is 0 Å². The number of carboxylic acids is 1. The van der Waals surface area contributed by atoms with Gasteiger partial charge in [-0.2, -0.15) is 0 Å². The van der Waals surface area contributed by atoms with Crippen molar-refractivity contribution < 1.29 is 14.7 Å². The van der Waals surface area contributed by atoms with E-state index in [4.69, 9.17) is 5.11 Å². The number of amides is 1. The second-order valence-electron chi connectivity index (χ2n) is 5.27. The Morgan fingerprint density at radius 3 is 2.60 bits per heavy atom. The van der Waals surface area contributed by atoms with Gasteiger partial charge >= 0.3 is 5.97 Å². The van der Waals surface area contributed by atoms with Crippen LogP contribution in [-0.4, -0.2) is 17.0 Å². The fraction of sp³-hybridized carbons (Fsp3) is 0.375. The minimum Gasteiger partial charge on any atom is -0.478 e. The van der Waals surface area contributed by atoms with Crippen LogP contribution in [0.15, 0.2) is 24.3 Å². The van der Waals surface area contributed by atoms with Gasteiger partial charge in [0.2, 0.25) is 5.91 Å². The molecule has 0 heterocycles. The summed E-state index contributed by atoms with van der Waals surface area (Å²) in [4.78, 5) is 22.6. The zero-order valence-electron chi connectivity index (χ0n) is 11.6. The number of carbonyl (C=O) groups excluding carboxylic acids is 1. The molecule has 4 heteroatoms. The quantitative estimate of drug-likeness (QED) is 0.828. The van der Waals surface area contributed by atoms with Crippen molar-refractivity contribution in [2.45, 2.75) is 32.6 Å². The van der Waals surface area contributed by atoms with Crippen molar-refractivity contribution in [3.8, 4) is 0 Å². The maximum absolute atomic E-state index is 12.1. The molecule has 1 aromatic rings. The van der Waals surface area contributed by atoms with E-state index in [1.165, 1.54) is 6.08 Å². The van der Waals surface area contributed by atoms with Crippen LogP contribution < -0.4 is 5.32 Å². The van der Waals surface area contributed by atoms with Crippen molar-refractivity contribution in [3.05, 3.63) is 35.4 Å². The first-order valence-corrected chi connectivity index (χ1v) is 6.88. The number of nitrogens with one attached hydrogen (secondary N) is 1. The van der Waals surface area contributed by atoms with Gasteiger partial charge in [0.05, 0.1) is 0 Å². The number of hydrogen-bond donors (Lipinski definition) is 2. The van der Waals surface area contributed by atoms with Crippen LogP contribution in [-0.2, 0) is 9.59 Å². The highest BCUT2D eigenvalue weighted by atomic mass is 16.4. The second-order valence-corrected chi connectivity index (χ2v) is 5.27. The molecule has 0 unspecified atom stereocenters. The third-order valence-corrected chi connectivity index (χ3v) is 3.51. The molecule has 1 fully saturated rings. The van der Waals surface area contributed by atoms with E-state index in [0.29, 0.717) is 0 Å². The first-order chi connectivity index (χ1) is 9.54. The molecule has 20 heavy (non-hydrogen) atoms. The molecule has 0 aliphatic heterocycles. The molecule has 4 nitrogen and oxygen atoms in total. The SMILES string of the molecule is Cc1cc(/C=C/C(=O)O)cc(NC(=O)C2CCCC2)c1. The maximum Gasteiger partial charge on any atom is 0.328 e. The number of hydrogen-bond acceptors (Lipinski definition) is 2. The van der Waals surface area contributed by atoms with Crippen LogP contribution in [0.2, 0.25) is 0 Å². The predicted molar refractivity (Wildman–Crippen MR) is 78.4 cm³/mol. The largest absolute Gasteiger partial charge is 0.478 e. The lowest BCUT2D eigenvalue weighted by atomic mass is 10.1. The van der Waals surface area contributed by atoms with Gasteiger partial charge in [0.1, 0.15) is 0 Å². The van der Waals surface area contributed by atoms with E-state index in [1.807, 2.05) is 19.1 Å². The molecule has 0 saturated heterocycles. The van der Waals surface area contributed by atoms with E-state index >= 15 is 0 Å². The number of benzene rings is 1. The zero-order valence-corrected chi connectivity index (χ0v) is 11.6. The summed E-state index contributed by atoms with van der Waals surface area (Å²) in [7, 11) is 0. The third kappa shape index (κ3) is 3.95. The molecule has 1 aromatic carbocycles. The predicted octanol–water partition coefficient (Wildman–Crippen LogP) is 3.22. The Balaban J connectivity index is 2.11. The highest BCUT2D eigenvalue weighted by molar-refractivity contribution is 5.93. The Bertz CT molecular complexity index is 543. The van der Waals surface area contributed by atoms with Crippen molar-refractivity contribution >= 4 is 23.6 Å². The summed E-state index contributed by atoms with van der Waals surface area (Å²) in [5, 5.41) is 11.6. The summed E-state index contributed by atoms with van der Waals surface area (Å²) < 4.78 is 0. The third-order valence-electron chi connectivity index (χ3n) is 3.51. The summed E-state index contributed by atoms with van der Waals surface area (Å²) >= 11 is 0. The highest BCUT2D eigenvalue weighted by Gasteiger charge is 2.22. The van der Waals surface area contributed by atoms with Gasteiger partial charge in [0.15, 0.2) is 0 Å². The summed E-state index contributed by atoms with van der Waals surface area (Å²) in [6.07, 6.45) is 6.79. The van der Waals surface area contributed by atoms with Crippen LogP contribution in [0.5, 0.6) is 0 Å². The van der Waals surface area contributed by atoms with Gasteiger partial charge in [0, 0.05) is 17.7 Å². The number of carbonyl (C=O) groups is 2. The molecule has 1 amide bonds. The van der Waals surface area contributed by atoms with E-state index in [-0.39, 0.29) is 11.8 Å². The average molecular weight is 273 g/mol. The lowest BCUT2D eigenvalue weighted by molar-refractivity contribution is -0.131. The second kappa shape index (κ2) is 6.37. The summed E-state index contributed by atoms with van der Waals surface area (Å²) in [6, 6.07) is 5.56. The molecular weight excluding hydrogens is 254 g/mol. The number of aliphatic carboxylic acids is 1. The number of aryl methyl sites for hydroxylation is 1. The first-order valence-electron chi connectivity index (χ1n) is 6.88. The molecule has 1 saturated carbocycles. The van der Waals surface area contributed by atoms with Crippen LogP contribution in [0, 0.1) is 12.8 Å². The minimum absolute atomic E-state index is 0.0706. The van der Waals surface area contributed by atoms with E-state index in [9.17, 15) is 9.59 Å². The number of anilines is 1. The van der Waals surface area contributed by atoms with Crippen molar-refractivity contribution in [2.24, 2.45) is 5.92 Å². The van der Waals surface area contributed by atoms with Gasteiger partial charge in [-0.05, 0) is 49.1 Å². The van der Waals surface area contributed by atoms with Gasteiger partial charge in [-0.15, -0.1) is 0 Å². The molecule has 0 aromatic heterocycles. The number of rotatable bonds is 4. The topological polar surface area (TPSA) is 66.4 Å². The fourth-order valence-corrected chi connectivity index (χ4v) is 2.58. The molecule has 106 valence electrons. The van der Waals surface area contributed by atoms with Crippen LogP contribution >= 0.6 is 0 Å². The van der Waals surface area contributed by atoms with Crippen molar-refractivity contribution in [1.29, 1.82) is 0 Å². The normalized spacial score (nSPS) is 15.7. The Morgan fingerprint density at radius 1 is 1.25 bits per heavy atom. The summed E-state index contributed by atoms with van der Waals surface area (Å²) in [5.41, 5.74) is 2.49. The lowest BCUT2D eigenvalue weighted by Crippen LogP contribution is -2.20. The molecular formula is C16H19NO3. The molecule has 0 spiro atoms. The summed E-state index contributed by atoms with van der Waals surface area (Å²) in [6.45, 7) is 1.92. The van der Waals surface area contributed by atoms with E-state index in [1.54, 1.807) is 6.07 Å². The molecule has 0 radical (unpaired) electrons. The molecule has 2 rings (SSSR count). The highest BCUT2D eigenvalue weighted by Crippen LogP contribution is 2.26. The number of carboxylic acid groups (broad SMARTS) is 1. The average Bonchev–Trinajstić information content (AvgIpc) is 2.89. The first kappa shape index (κ1) is 14.3. The maximum atomic E-state index is 12.1. The zero-order chi connectivity index (χ0) is 14.5. The van der Waals surface area contributed by atoms with Crippen molar-refractivity contribution in [2.75, 3.05) is 5.32 Å². The van der Waals surface area contributed by atoms with Crippen molar-refractivity contribution in [1.82, 2.24) is 0 Å².